The number of hydrogen-bond donors (Lipinski definition) is 1. The molecule has 0 spiro atoms. The molecule has 0 aliphatic carbocycles. The maximum atomic E-state index is 12.1. The molecule has 0 radical (unpaired) electrons. The van der Waals surface area contributed by atoms with Gasteiger partial charge in [-0.1, -0.05) is 0 Å². The zero-order valence-electron chi connectivity index (χ0n) is 12.5. The molecule has 1 aromatic heterocycles. The third-order valence-corrected chi connectivity index (χ3v) is 5.11. The molecule has 1 heterocycles. The zero-order chi connectivity index (χ0) is 15.5. The fourth-order valence-electron chi connectivity index (χ4n) is 1.89. The van der Waals surface area contributed by atoms with Crippen molar-refractivity contribution in [2.75, 3.05) is 6.54 Å². The van der Waals surface area contributed by atoms with Gasteiger partial charge in [0.25, 0.3) is 0 Å². The summed E-state index contributed by atoms with van der Waals surface area (Å²) < 4.78 is 8.16. The van der Waals surface area contributed by atoms with Gasteiger partial charge < -0.3 is 0 Å². The molecular formula is C15H20N2O3Se. The number of aryl methyl sites for hydroxylation is 1. The van der Waals surface area contributed by atoms with E-state index in [1.54, 1.807) is 0 Å². The van der Waals surface area contributed by atoms with Gasteiger partial charge >= 0.3 is 129 Å². The Morgan fingerprint density at radius 3 is 2.71 bits per heavy atom. The predicted octanol–water partition coefficient (Wildman–Crippen LogP) is 1.97. The Morgan fingerprint density at radius 2 is 2.05 bits per heavy atom. The van der Waals surface area contributed by atoms with E-state index in [-0.39, 0.29) is 20.3 Å². The first-order valence-corrected chi connectivity index (χ1v) is 8.55. The van der Waals surface area contributed by atoms with Crippen molar-refractivity contribution < 1.29 is 9.53 Å². The topological polar surface area (TPSA) is 60.3 Å². The van der Waals surface area contributed by atoms with Crippen LogP contribution in [-0.2, 0) is 11.3 Å². The van der Waals surface area contributed by atoms with Crippen LogP contribution in [0.4, 0.5) is 4.79 Å². The van der Waals surface area contributed by atoms with E-state index in [0.717, 1.165) is 16.1 Å². The summed E-state index contributed by atoms with van der Waals surface area (Å²) in [6, 6.07) is 7.73. The number of aromatic nitrogens is 1. The van der Waals surface area contributed by atoms with Crippen LogP contribution in [0.25, 0.3) is 9.65 Å². The first-order chi connectivity index (χ1) is 9.87. The molecule has 2 rings (SSSR count). The van der Waals surface area contributed by atoms with E-state index in [1.165, 1.54) is 0 Å². The molecule has 0 saturated carbocycles. The normalized spacial score (nSPS) is 11.6. The average molecular weight is 355 g/mol. The summed E-state index contributed by atoms with van der Waals surface area (Å²) in [6.07, 6.45) is 0.310. The van der Waals surface area contributed by atoms with Gasteiger partial charge in [0, 0.05) is 0 Å². The molecule has 2 aromatic rings. The number of alkyl carbamates (subject to hydrolysis) is 1. The SMILES string of the molecule is CC(C)(C)OC(=O)NCCCn1[se]c2ccccc2c1=O. The summed E-state index contributed by atoms with van der Waals surface area (Å²) in [7, 11) is 0. The molecule has 0 fully saturated rings. The fourth-order valence-corrected chi connectivity index (χ4v) is 4.06. The molecule has 0 unspecified atom stereocenters. The number of nitrogens with one attached hydrogen (secondary N) is 1. The van der Waals surface area contributed by atoms with E-state index in [0.29, 0.717) is 13.1 Å². The van der Waals surface area contributed by atoms with Gasteiger partial charge in [-0.3, -0.25) is 0 Å². The van der Waals surface area contributed by atoms with Crippen molar-refractivity contribution in [3.63, 3.8) is 0 Å². The van der Waals surface area contributed by atoms with Crippen molar-refractivity contribution in [2.45, 2.75) is 39.3 Å². The minimum absolute atomic E-state index is 0.0552. The molecule has 1 aromatic carbocycles. The van der Waals surface area contributed by atoms with Crippen molar-refractivity contribution >= 4 is 30.5 Å². The molecule has 1 N–H and O–H groups in total. The second-order valence-electron chi connectivity index (χ2n) is 5.78. The molecule has 0 aliphatic rings. The van der Waals surface area contributed by atoms with Crippen molar-refractivity contribution in [3.05, 3.63) is 34.6 Å². The second-order valence-corrected chi connectivity index (χ2v) is 8.01. The van der Waals surface area contributed by atoms with Gasteiger partial charge in [-0.05, 0) is 0 Å². The molecule has 5 nitrogen and oxygen atoms in total. The van der Waals surface area contributed by atoms with E-state index in [9.17, 15) is 9.59 Å². The van der Waals surface area contributed by atoms with Gasteiger partial charge in [-0.2, -0.15) is 0 Å². The Bertz CT molecular complexity index is 682. The van der Waals surface area contributed by atoms with Crippen LogP contribution in [-0.4, -0.2) is 36.5 Å². The van der Waals surface area contributed by atoms with E-state index < -0.39 is 11.7 Å². The number of ether oxygens (including phenoxy) is 1. The van der Waals surface area contributed by atoms with Crippen LogP contribution < -0.4 is 10.9 Å². The maximum absolute atomic E-state index is 12.1. The Morgan fingerprint density at radius 1 is 1.33 bits per heavy atom. The molecule has 6 heteroatoms. The Hall–Kier alpha value is -1.52. The minimum atomic E-state index is -0.486. The number of benzene rings is 1. The van der Waals surface area contributed by atoms with E-state index in [4.69, 9.17) is 4.74 Å². The van der Waals surface area contributed by atoms with Crippen LogP contribution in [0, 0.1) is 0 Å². The van der Waals surface area contributed by atoms with Crippen LogP contribution in [0.3, 0.4) is 0 Å². The van der Waals surface area contributed by atoms with Crippen LogP contribution >= 0.6 is 0 Å². The van der Waals surface area contributed by atoms with Crippen molar-refractivity contribution in [2.24, 2.45) is 0 Å². The van der Waals surface area contributed by atoms with Gasteiger partial charge in [-0.25, -0.2) is 0 Å². The molecule has 114 valence electrons. The number of hydrogen-bond acceptors (Lipinski definition) is 3. The number of carbonyl (C=O) groups is 1. The zero-order valence-corrected chi connectivity index (χ0v) is 14.2. The summed E-state index contributed by atoms with van der Waals surface area (Å²) in [5.74, 6) is 0. The van der Waals surface area contributed by atoms with E-state index in [2.05, 4.69) is 5.32 Å². The summed E-state index contributed by atoms with van der Waals surface area (Å²) in [6.45, 7) is 6.65. The van der Waals surface area contributed by atoms with Crippen LogP contribution in [0.2, 0.25) is 0 Å². The molecule has 21 heavy (non-hydrogen) atoms. The van der Waals surface area contributed by atoms with E-state index >= 15 is 0 Å². The van der Waals surface area contributed by atoms with Crippen LogP contribution in [0.5, 0.6) is 0 Å². The Balaban J connectivity index is 1.84. The summed E-state index contributed by atoms with van der Waals surface area (Å²) in [4.78, 5) is 23.6. The fraction of sp³-hybridized carbons (Fsp3) is 0.467. The van der Waals surface area contributed by atoms with Gasteiger partial charge in [-0.15, -0.1) is 0 Å². The molecular weight excluding hydrogens is 335 g/mol. The van der Waals surface area contributed by atoms with E-state index in [1.807, 2.05) is 48.6 Å². The van der Waals surface area contributed by atoms with Gasteiger partial charge in [0.15, 0.2) is 0 Å². The number of carbonyl (C=O) groups excluding carboxylic acids is 1. The molecule has 0 bridgehead atoms. The quantitative estimate of drug-likeness (QED) is 0.674. The number of fused-ring (bicyclic) bond motifs is 1. The Labute approximate surface area is 129 Å². The predicted molar refractivity (Wildman–Crippen MR) is 84.0 cm³/mol. The molecule has 0 saturated heterocycles. The van der Waals surface area contributed by atoms with Crippen molar-refractivity contribution in [1.29, 1.82) is 0 Å². The standard InChI is InChI=1S/C15H20N2O3Se/c1-15(2,3)20-14(19)16-9-6-10-17-13(18)11-7-4-5-8-12(11)21-17/h4-5,7-8H,6,9-10H2,1-3H3,(H,16,19). The third kappa shape index (κ3) is 4.48. The summed E-state index contributed by atoms with van der Waals surface area (Å²) in [5, 5.41) is 3.52. The van der Waals surface area contributed by atoms with Crippen LogP contribution in [0.15, 0.2) is 29.1 Å². The first kappa shape index (κ1) is 15.9. The number of rotatable bonds is 4. The van der Waals surface area contributed by atoms with Crippen LogP contribution in [0.1, 0.15) is 27.2 Å². The van der Waals surface area contributed by atoms with Gasteiger partial charge in [0.2, 0.25) is 0 Å². The first-order valence-electron chi connectivity index (χ1n) is 6.92. The number of amides is 1. The monoisotopic (exact) mass is 356 g/mol. The van der Waals surface area contributed by atoms with Crippen molar-refractivity contribution in [3.8, 4) is 0 Å². The molecule has 0 atom stereocenters. The average Bonchev–Trinajstić information content (AvgIpc) is 2.70. The second kappa shape index (κ2) is 6.50. The van der Waals surface area contributed by atoms with Crippen molar-refractivity contribution in [1.82, 2.24) is 8.88 Å². The number of nitrogens with zero attached hydrogens (tertiary/aromatic N) is 1. The summed E-state index contributed by atoms with van der Waals surface area (Å²) in [5.41, 5.74) is -0.386. The Kier molecular flexibility index (Phi) is 4.91. The third-order valence-electron chi connectivity index (χ3n) is 2.76. The summed E-state index contributed by atoms with van der Waals surface area (Å²) >= 11 is 0.0552. The van der Waals surface area contributed by atoms with Gasteiger partial charge in [0.1, 0.15) is 0 Å². The van der Waals surface area contributed by atoms with Gasteiger partial charge in [0.05, 0.1) is 0 Å². The molecule has 0 aliphatic heterocycles. The molecule has 1 amide bonds.